The van der Waals surface area contributed by atoms with E-state index >= 15 is 0 Å². The van der Waals surface area contributed by atoms with Gasteiger partial charge in [-0.15, -0.1) is 0 Å². The standard InChI is InChI=1S/C18H22N2O2/c1-2-20(14-12-16-5-3-4-13-19-16)18(22)11-8-15-6-9-17(21)10-7-15/h3-7,9-10,13,21H,2,8,11-12,14H2,1H3. The molecule has 0 aliphatic heterocycles. The van der Waals surface area contributed by atoms with Crippen molar-refractivity contribution in [1.82, 2.24) is 9.88 Å². The maximum Gasteiger partial charge on any atom is 0.222 e. The lowest BCUT2D eigenvalue weighted by atomic mass is 10.1. The maximum atomic E-state index is 12.3. The maximum absolute atomic E-state index is 12.3. The summed E-state index contributed by atoms with van der Waals surface area (Å²) in [6, 6.07) is 12.8. The number of hydrogen-bond donors (Lipinski definition) is 1. The van der Waals surface area contributed by atoms with E-state index in [1.54, 1.807) is 18.3 Å². The molecule has 0 bridgehead atoms. The quantitative estimate of drug-likeness (QED) is 0.855. The monoisotopic (exact) mass is 298 g/mol. The number of rotatable bonds is 7. The summed E-state index contributed by atoms with van der Waals surface area (Å²) < 4.78 is 0. The van der Waals surface area contributed by atoms with Crippen molar-refractivity contribution in [1.29, 1.82) is 0 Å². The van der Waals surface area contributed by atoms with Crippen LogP contribution in [0.1, 0.15) is 24.6 Å². The lowest BCUT2D eigenvalue weighted by Crippen LogP contribution is -2.33. The summed E-state index contributed by atoms with van der Waals surface area (Å²) >= 11 is 0. The molecule has 0 aliphatic rings. The average molecular weight is 298 g/mol. The second-order valence-corrected chi connectivity index (χ2v) is 5.21. The number of aromatic hydroxyl groups is 1. The molecule has 2 aromatic rings. The van der Waals surface area contributed by atoms with Gasteiger partial charge < -0.3 is 10.0 Å². The van der Waals surface area contributed by atoms with Gasteiger partial charge in [-0.05, 0) is 43.2 Å². The van der Waals surface area contributed by atoms with Crippen LogP contribution < -0.4 is 0 Å². The van der Waals surface area contributed by atoms with E-state index in [1.165, 1.54) is 0 Å². The van der Waals surface area contributed by atoms with E-state index in [0.29, 0.717) is 25.9 Å². The van der Waals surface area contributed by atoms with Gasteiger partial charge in [-0.3, -0.25) is 9.78 Å². The zero-order valence-corrected chi connectivity index (χ0v) is 12.9. The number of aryl methyl sites for hydroxylation is 1. The van der Waals surface area contributed by atoms with E-state index in [-0.39, 0.29) is 11.7 Å². The summed E-state index contributed by atoms with van der Waals surface area (Å²) in [5.74, 6) is 0.409. The third kappa shape index (κ3) is 4.88. The van der Waals surface area contributed by atoms with Crippen LogP contribution in [0.2, 0.25) is 0 Å². The van der Waals surface area contributed by atoms with E-state index in [9.17, 15) is 9.90 Å². The van der Waals surface area contributed by atoms with Crippen molar-refractivity contribution < 1.29 is 9.90 Å². The normalized spacial score (nSPS) is 10.4. The summed E-state index contributed by atoms with van der Waals surface area (Å²) in [4.78, 5) is 18.4. The summed E-state index contributed by atoms with van der Waals surface area (Å²) in [6.07, 6.45) is 3.73. The first-order valence-corrected chi connectivity index (χ1v) is 7.64. The highest BCUT2D eigenvalue weighted by atomic mass is 16.3. The van der Waals surface area contributed by atoms with Crippen LogP contribution >= 0.6 is 0 Å². The number of hydrogen-bond acceptors (Lipinski definition) is 3. The first kappa shape index (κ1) is 16.0. The molecule has 22 heavy (non-hydrogen) atoms. The summed E-state index contributed by atoms with van der Waals surface area (Å²) in [6.45, 7) is 3.40. The molecule has 0 saturated carbocycles. The number of pyridine rings is 1. The molecule has 116 valence electrons. The number of nitrogens with zero attached hydrogens (tertiary/aromatic N) is 2. The molecular formula is C18H22N2O2. The van der Waals surface area contributed by atoms with Gasteiger partial charge in [0.25, 0.3) is 0 Å². The summed E-state index contributed by atoms with van der Waals surface area (Å²) in [5, 5.41) is 9.26. The third-order valence-corrected chi connectivity index (χ3v) is 3.66. The number of carbonyl (C=O) groups excluding carboxylic acids is 1. The van der Waals surface area contributed by atoms with Crippen LogP contribution in [-0.4, -0.2) is 34.0 Å². The van der Waals surface area contributed by atoms with Crippen LogP contribution in [0.5, 0.6) is 5.75 Å². The Morgan fingerprint density at radius 1 is 1.14 bits per heavy atom. The first-order chi connectivity index (χ1) is 10.7. The van der Waals surface area contributed by atoms with Crippen LogP contribution in [0.15, 0.2) is 48.7 Å². The molecule has 0 fully saturated rings. The molecule has 2 rings (SSSR count). The Morgan fingerprint density at radius 3 is 2.55 bits per heavy atom. The zero-order valence-electron chi connectivity index (χ0n) is 12.9. The number of likely N-dealkylation sites (N-methyl/N-ethyl adjacent to an activating group) is 1. The minimum atomic E-state index is 0.159. The largest absolute Gasteiger partial charge is 0.508 e. The van der Waals surface area contributed by atoms with E-state index in [0.717, 1.165) is 17.7 Å². The van der Waals surface area contributed by atoms with E-state index < -0.39 is 0 Å². The smallest absolute Gasteiger partial charge is 0.222 e. The highest BCUT2D eigenvalue weighted by molar-refractivity contribution is 5.76. The minimum Gasteiger partial charge on any atom is -0.508 e. The number of aromatic nitrogens is 1. The lowest BCUT2D eigenvalue weighted by Gasteiger charge is -2.20. The van der Waals surface area contributed by atoms with Gasteiger partial charge in [-0.2, -0.15) is 0 Å². The van der Waals surface area contributed by atoms with E-state index in [1.807, 2.05) is 42.2 Å². The Hall–Kier alpha value is -2.36. The van der Waals surface area contributed by atoms with E-state index in [2.05, 4.69) is 4.98 Å². The number of benzene rings is 1. The molecule has 0 radical (unpaired) electrons. The van der Waals surface area contributed by atoms with Crippen molar-refractivity contribution in [3.63, 3.8) is 0 Å². The fourth-order valence-corrected chi connectivity index (χ4v) is 2.33. The van der Waals surface area contributed by atoms with Crippen LogP contribution in [0.3, 0.4) is 0 Å². The Bertz CT molecular complexity index is 582. The van der Waals surface area contributed by atoms with Gasteiger partial charge in [-0.25, -0.2) is 0 Å². The van der Waals surface area contributed by atoms with Gasteiger partial charge in [0, 0.05) is 37.8 Å². The fourth-order valence-electron chi connectivity index (χ4n) is 2.33. The van der Waals surface area contributed by atoms with Crippen LogP contribution in [0, 0.1) is 0 Å². The summed E-state index contributed by atoms with van der Waals surface area (Å²) in [7, 11) is 0. The van der Waals surface area contributed by atoms with Crippen molar-refractivity contribution in [2.75, 3.05) is 13.1 Å². The zero-order chi connectivity index (χ0) is 15.8. The number of carbonyl (C=O) groups is 1. The van der Waals surface area contributed by atoms with Gasteiger partial charge in [0.1, 0.15) is 5.75 Å². The van der Waals surface area contributed by atoms with Crippen molar-refractivity contribution in [2.45, 2.75) is 26.2 Å². The molecule has 0 atom stereocenters. The molecular weight excluding hydrogens is 276 g/mol. The van der Waals surface area contributed by atoms with Gasteiger partial charge in [0.05, 0.1) is 0 Å². The second-order valence-electron chi connectivity index (χ2n) is 5.21. The summed E-state index contributed by atoms with van der Waals surface area (Å²) in [5.41, 5.74) is 2.07. The fraction of sp³-hybridized carbons (Fsp3) is 0.333. The number of phenolic OH excluding ortho intramolecular Hbond substituents is 1. The Kier molecular flexibility index (Phi) is 5.95. The number of amides is 1. The minimum absolute atomic E-state index is 0.159. The van der Waals surface area contributed by atoms with Gasteiger partial charge in [0.2, 0.25) is 5.91 Å². The highest BCUT2D eigenvalue weighted by Crippen LogP contribution is 2.12. The third-order valence-electron chi connectivity index (χ3n) is 3.66. The topological polar surface area (TPSA) is 53.4 Å². The van der Waals surface area contributed by atoms with Crippen LogP contribution in [-0.2, 0) is 17.6 Å². The predicted octanol–water partition coefficient (Wildman–Crippen LogP) is 2.81. The van der Waals surface area contributed by atoms with Crippen LogP contribution in [0.4, 0.5) is 0 Å². The lowest BCUT2D eigenvalue weighted by molar-refractivity contribution is -0.130. The number of phenols is 1. The van der Waals surface area contributed by atoms with Gasteiger partial charge in [0.15, 0.2) is 0 Å². The van der Waals surface area contributed by atoms with E-state index in [4.69, 9.17) is 0 Å². The van der Waals surface area contributed by atoms with Crippen molar-refractivity contribution in [2.24, 2.45) is 0 Å². The highest BCUT2D eigenvalue weighted by Gasteiger charge is 2.11. The van der Waals surface area contributed by atoms with Gasteiger partial charge in [-0.1, -0.05) is 18.2 Å². The average Bonchev–Trinajstić information content (AvgIpc) is 2.56. The first-order valence-electron chi connectivity index (χ1n) is 7.64. The SMILES string of the molecule is CCN(CCc1ccccn1)C(=O)CCc1ccc(O)cc1. The molecule has 1 aromatic carbocycles. The molecule has 4 heteroatoms. The Labute approximate surface area is 131 Å². The molecule has 1 amide bonds. The van der Waals surface area contributed by atoms with Crippen LogP contribution in [0.25, 0.3) is 0 Å². The molecule has 0 spiro atoms. The Morgan fingerprint density at radius 2 is 1.91 bits per heavy atom. The molecule has 1 N–H and O–H groups in total. The van der Waals surface area contributed by atoms with Crippen molar-refractivity contribution >= 4 is 5.91 Å². The second kappa shape index (κ2) is 8.17. The molecule has 0 aliphatic carbocycles. The predicted molar refractivity (Wildman–Crippen MR) is 86.6 cm³/mol. The molecule has 0 unspecified atom stereocenters. The van der Waals surface area contributed by atoms with Crippen molar-refractivity contribution in [3.8, 4) is 5.75 Å². The molecule has 4 nitrogen and oxygen atoms in total. The molecule has 1 heterocycles. The van der Waals surface area contributed by atoms with Gasteiger partial charge >= 0.3 is 0 Å². The van der Waals surface area contributed by atoms with Crippen molar-refractivity contribution in [3.05, 3.63) is 59.9 Å². The molecule has 0 saturated heterocycles. The molecule has 1 aromatic heterocycles. The Balaban J connectivity index is 1.82.